The zero-order valence-corrected chi connectivity index (χ0v) is 16.7. The maximum atomic E-state index is 12.3. The molecule has 152 valence electrons. The van der Waals surface area contributed by atoms with Crippen LogP contribution in [0.15, 0.2) is 42.5 Å². The van der Waals surface area contributed by atoms with Crippen LogP contribution in [0.3, 0.4) is 0 Å². The molecule has 1 N–H and O–H groups in total. The van der Waals surface area contributed by atoms with Gasteiger partial charge in [-0.05, 0) is 48.4 Å². The van der Waals surface area contributed by atoms with E-state index in [4.69, 9.17) is 14.2 Å². The zero-order chi connectivity index (χ0) is 20.8. The van der Waals surface area contributed by atoms with E-state index in [1.165, 1.54) is 6.08 Å². The van der Waals surface area contributed by atoms with Crippen LogP contribution in [0, 0.1) is 0 Å². The zero-order valence-electron chi connectivity index (χ0n) is 16.7. The molecule has 0 bridgehead atoms. The quantitative estimate of drug-likeness (QED) is 0.725. The predicted octanol–water partition coefficient (Wildman–Crippen LogP) is 3.49. The SMILES string of the molecule is COc1ccc(/C=C/C(=O)Nc2ccc(OC)c(N3CCCC3=O)c2)cc1OC. The summed E-state index contributed by atoms with van der Waals surface area (Å²) in [5, 5.41) is 2.82. The number of hydrogen-bond donors (Lipinski definition) is 1. The van der Waals surface area contributed by atoms with Gasteiger partial charge in [-0.2, -0.15) is 0 Å². The van der Waals surface area contributed by atoms with E-state index in [-0.39, 0.29) is 11.8 Å². The third-order valence-corrected chi connectivity index (χ3v) is 4.65. The number of benzene rings is 2. The molecule has 0 radical (unpaired) electrons. The van der Waals surface area contributed by atoms with Crippen molar-refractivity contribution >= 4 is 29.3 Å². The Morgan fingerprint density at radius 2 is 1.72 bits per heavy atom. The van der Waals surface area contributed by atoms with Gasteiger partial charge in [-0.3, -0.25) is 9.59 Å². The average Bonchev–Trinajstić information content (AvgIpc) is 3.17. The molecular formula is C22H24N2O5. The van der Waals surface area contributed by atoms with Crippen molar-refractivity contribution in [1.29, 1.82) is 0 Å². The molecule has 0 aliphatic carbocycles. The Kier molecular flexibility index (Phi) is 6.39. The molecule has 7 nitrogen and oxygen atoms in total. The highest BCUT2D eigenvalue weighted by molar-refractivity contribution is 6.03. The van der Waals surface area contributed by atoms with E-state index in [1.807, 2.05) is 6.07 Å². The first-order chi connectivity index (χ1) is 14.0. The van der Waals surface area contributed by atoms with Crippen molar-refractivity contribution in [2.75, 3.05) is 38.1 Å². The maximum Gasteiger partial charge on any atom is 0.248 e. The second kappa shape index (κ2) is 9.14. The molecule has 0 unspecified atom stereocenters. The van der Waals surface area contributed by atoms with Crippen LogP contribution in [0.25, 0.3) is 6.08 Å². The summed E-state index contributed by atoms with van der Waals surface area (Å²) >= 11 is 0. The van der Waals surface area contributed by atoms with E-state index in [2.05, 4.69) is 5.32 Å². The number of methoxy groups -OCH3 is 3. The first-order valence-corrected chi connectivity index (χ1v) is 9.25. The first-order valence-electron chi connectivity index (χ1n) is 9.25. The van der Waals surface area contributed by atoms with Gasteiger partial charge in [-0.1, -0.05) is 6.07 Å². The number of anilines is 2. The first kappa shape index (κ1) is 20.3. The third-order valence-electron chi connectivity index (χ3n) is 4.65. The van der Waals surface area contributed by atoms with Gasteiger partial charge in [0.25, 0.3) is 0 Å². The highest BCUT2D eigenvalue weighted by Gasteiger charge is 2.24. The summed E-state index contributed by atoms with van der Waals surface area (Å²) < 4.78 is 15.8. The number of rotatable bonds is 7. The summed E-state index contributed by atoms with van der Waals surface area (Å²) in [6.07, 6.45) is 4.46. The molecule has 0 atom stereocenters. The van der Waals surface area contributed by atoms with E-state index < -0.39 is 0 Å². The van der Waals surface area contributed by atoms with Crippen molar-refractivity contribution in [2.45, 2.75) is 12.8 Å². The molecule has 2 aromatic rings. The van der Waals surface area contributed by atoms with Crippen LogP contribution in [0.2, 0.25) is 0 Å². The van der Waals surface area contributed by atoms with Crippen molar-refractivity contribution < 1.29 is 23.8 Å². The second-order valence-electron chi connectivity index (χ2n) is 6.47. The van der Waals surface area contributed by atoms with Crippen molar-refractivity contribution in [1.82, 2.24) is 0 Å². The number of hydrogen-bond acceptors (Lipinski definition) is 5. The fourth-order valence-electron chi connectivity index (χ4n) is 3.19. The van der Waals surface area contributed by atoms with Crippen LogP contribution in [-0.4, -0.2) is 39.7 Å². The molecule has 0 saturated carbocycles. The topological polar surface area (TPSA) is 77.1 Å². The average molecular weight is 396 g/mol. The Morgan fingerprint density at radius 1 is 1.00 bits per heavy atom. The maximum absolute atomic E-state index is 12.3. The lowest BCUT2D eigenvalue weighted by Gasteiger charge is -2.20. The normalized spacial score (nSPS) is 13.6. The molecular weight excluding hydrogens is 372 g/mol. The summed E-state index contributed by atoms with van der Waals surface area (Å²) in [4.78, 5) is 26.1. The molecule has 1 aliphatic rings. The number of ether oxygens (including phenoxy) is 3. The Labute approximate surface area is 169 Å². The van der Waals surface area contributed by atoms with Crippen molar-refractivity contribution in [3.63, 3.8) is 0 Å². The van der Waals surface area contributed by atoms with Gasteiger partial charge in [0.2, 0.25) is 11.8 Å². The van der Waals surface area contributed by atoms with Crippen LogP contribution in [0.4, 0.5) is 11.4 Å². The highest BCUT2D eigenvalue weighted by atomic mass is 16.5. The van der Waals surface area contributed by atoms with Gasteiger partial charge in [0.1, 0.15) is 5.75 Å². The Morgan fingerprint density at radius 3 is 2.38 bits per heavy atom. The molecule has 3 rings (SSSR count). The van der Waals surface area contributed by atoms with Crippen LogP contribution in [0.5, 0.6) is 17.2 Å². The molecule has 1 fully saturated rings. The Bertz CT molecular complexity index is 939. The van der Waals surface area contributed by atoms with Crippen molar-refractivity contribution in [2.24, 2.45) is 0 Å². The lowest BCUT2D eigenvalue weighted by Crippen LogP contribution is -2.24. The van der Waals surface area contributed by atoms with Crippen LogP contribution in [0.1, 0.15) is 18.4 Å². The van der Waals surface area contributed by atoms with E-state index >= 15 is 0 Å². The third kappa shape index (κ3) is 4.68. The smallest absolute Gasteiger partial charge is 0.248 e. The minimum atomic E-state index is -0.288. The molecule has 0 spiro atoms. The van der Waals surface area contributed by atoms with Gasteiger partial charge in [0.05, 0.1) is 27.0 Å². The number of carbonyl (C=O) groups excluding carboxylic acids is 2. The molecule has 1 heterocycles. The fraction of sp³-hybridized carbons (Fsp3) is 0.273. The van der Waals surface area contributed by atoms with Gasteiger partial charge >= 0.3 is 0 Å². The summed E-state index contributed by atoms with van der Waals surface area (Å²) in [6, 6.07) is 10.6. The van der Waals surface area contributed by atoms with Gasteiger partial charge in [0.15, 0.2) is 11.5 Å². The molecule has 7 heteroatoms. The van der Waals surface area contributed by atoms with Gasteiger partial charge < -0.3 is 24.4 Å². The largest absolute Gasteiger partial charge is 0.495 e. The van der Waals surface area contributed by atoms with E-state index in [0.29, 0.717) is 41.6 Å². The number of nitrogens with zero attached hydrogens (tertiary/aromatic N) is 1. The van der Waals surface area contributed by atoms with Gasteiger partial charge in [-0.25, -0.2) is 0 Å². The van der Waals surface area contributed by atoms with E-state index in [0.717, 1.165) is 12.0 Å². The fourth-order valence-corrected chi connectivity index (χ4v) is 3.19. The molecule has 2 amide bonds. The molecule has 29 heavy (non-hydrogen) atoms. The van der Waals surface area contributed by atoms with Crippen molar-refractivity contribution in [3.8, 4) is 17.2 Å². The molecule has 2 aromatic carbocycles. The Hall–Kier alpha value is -3.48. The Balaban J connectivity index is 1.73. The van der Waals surface area contributed by atoms with Gasteiger partial charge in [-0.15, -0.1) is 0 Å². The summed E-state index contributed by atoms with van der Waals surface area (Å²) in [5.74, 6) is 1.57. The van der Waals surface area contributed by atoms with Crippen LogP contribution < -0.4 is 24.4 Å². The molecule has 1 saturated heterocycles. The lowest BCUT2D eigenvalue weighted by atomic mass is 10.2. The molecule has 1 aliphatic heterocycles. The number of carbonyl (C=O) groups is 2. The van der Waals surface area contributed by atoms with E-state index in [1.54, 1.807) is 62.6 Å². The summed E-state index contributed by atoms with van der Waals surface area (Å²) in [6.45, 7) is 0.645. The van der Waals surface area contributed by atoms with E-state index in [9.17, 15) is 9.59 Å². The lowest BCUT2D eigenvalue weighted by molar-refractivity contribution is -0.117. The number of nitrogens with one attached hydrogen (secondary N) is 1. The second-order valence-corrected chi connectivity index (χ2v) is 6.47. The summed E-state index contributed by atoms with van der Waals surface area (Å²) in [7, 11) is 4.69. The number of amides is 2. The molecule has 0 aromatic heterocycles. The standard InChI is InChI=1S/C22H24N2O5/c1-27-18-10-8-16(14-17(18)24-12-4-5-22(24)26)23-21(25)11-7-15-6-9-19(28-2)20(13-15)29-3/h6-11,13-14H,4-5,12H2,1-3H3,(H,23,25)/b11-7+. The minimum absolute atomic E-state index is 0.0557. The van der Waals surface area contributed by atoms with Gasteiger partial charge in [0, 0.05) is 24.7 Å². The highest BCUT2D eigenvalue weighted by Crippen LogP contribution is 2.34. The minimum Gasteiger partial charge on any atom is -0.495 e. The summed E-state index contributed by atoms with van der Waals surface area (Å²) in [5.41, 5.74) is 2.05. The predicted molar refractivity (Wildman–Crippen MR) is 112 cm³/mol. The van der Waals surface area contributed by atoms with Crippen molar-refractivity contribution in [3.05, 3.63) is 48.0 Å². The van der Waals surface area contributed by atoms with Crippen LogP contribution in [-0.2, 0) is 9.59 Å². The monoisotopic (exact) mass is 396 g/mol. The van der Waals surface area contributed by atoms with Crippen LogP contribution >= 0.6 is 0 Å².